The quantitative estimate of drug-likeness (QED) is 0.503. The molecule has 0 aliphatic rings. The molecule has 1 N–H and O–H groups in total. The van der Waals surface area contributed by atoms with Crippen LogP contribution in [0.25, 0.3) is 0 Å². The monoisotopic (exact) mass is 232 g/mol. The molecule has 4 nitrogen and oxygen atoms in total. The zero-order valence-corrected chi connectivity index (χ0v) is 7.94. The molecule has 0 saturated heterocycles. The Morgan fingerprint density at radius 2 is 0.667 bits per heavy atom. The van der Waals surface area contributed by atoms with Crippen molar-refractivity contribution >= 4 is 64.8 Å². The molecule has 0 aliphatic heterocycles. The van der Waals surface area contributed by atoms with Gasteiger partial charge in [-0.25, -0.2) is 35.6 Å². The minimum absolute atomic E-state index is 0. The zero-order chi connectivity index (χ0) is 8.00. The SMILES string of the molecule is OCl.[Al+3].[O-]Cl.[O-]Cl.[O-]Cl. The summed E-state index contributed by atoms with van der Waals surface area (Å²) in [4.78, 5) is 0. The molecule has 0 fully saturated rings. The molecule has 9 heteroatoms. The smallest absolute Gasteiger partial charge is 0.769 e. The van der Waals surface area contributed by atoms with Crippen LogP contribution in [-0.4, -0.2) is 22.0 Å². The van der Waals surface area contributed by atoms with E-state index in [4.69, 9.17) is 18.6 Å². The Morgan fingerprint density at radius 1 is 0.667 bits per heavy atom. The van der Waals surface area contributed by atoms with Crippen molar-refractivity contribution in [1.82, 2.24) is 0 Å². The molecule has 0 amide bonds. The van der Waals surface area contributed by atoms with E-state index >= 15 is 0 Å². The largest absolute Gasteiger partial charge is 3.00 e. The Hall–Kier alpha value is 1.53. The van der Waals surface area contributed by atoms with Gasteiger partial charge in [0.15, 0.2) is 0 Å². The van der Waals surface area contributed by atoms with Crippen LogP contribution in [0.15, 0.2) is 0 Å². The van der Waals surface area contributed by atoms with Crippen LogP contribution in [0.5, 0.6) is 0 Å². The minimum Gasteiger partial charge on any atom is -0.769 e. The molecule has 0 aromatic rings. The first-order valence-electron chi connectivity index (χ1n) is 0.632. The fraction of sp³-hybridized carbons (Fsp3) is 0. The molecule has 0 aromatic carbocycles. The molecule has 9 heavy (non-hydrogen) atoms. The van der Waals surface area contributed by atoms with Crippen LogP contribution in [0.4, 0.5) is 0 Å². The summed E-state index contributed by atoms with van der Waals surface area (Å²) in [5.41, 5.74) is 0. The normalized spacial score (nSPS) is 2.67. The summed E-state index contributed by atoms with van der Waals surface area (Å²) < 4.78 is 29.6. The van der Waals surface area contributed by atoms with Gasteiger partial charge in [0.2, 0.25) is 0 Å². The summed E-state index contributed by atoms with van der Waals surface area (Å²) in [6.07, 6.45) is 0. The standard InChI is InChI=1S/Al.ClHO.3ClO/c;4*1-2/h;2H;;;/q+3;;3*-1. The van der Waals surface area contributed by atoms with Gasteiger partial charge in [-0.05, 0) is 0 Å². The molecule has 0 aliphatic carbocycles. The molecule has 0 unspecified atom stereocenters. The van der Waals surface area contributed by atoms with E-state index in [0.717, 1.165) is 0 Å². The number of hydrogen-bond donors (Lipinski definition) is 1. The van der Waals surface area contributed by atoms with Crippen molar-refractivity contribution in [2.24, 2.45) is 0 Å². The average Bonchev–Trinajstić information content (AvgIpc) is 2.03. The fourth-order valence-corrected chi connectivity index (χ4v) is 0. The van der Waals surface area contributed by atoms with E-state index in [2.05, 4.69) is 47.5 Å². The van der Waals surface area contributed by atoms with E-state index in [1.807, 2.05) is 0 Å². The van der Waals surface area contributed by atoms with E-state index in [1.165, 1.54) is 0 Å². The predicted molar refractivity (Wildman–Crippen MR) is 31.4 cm³/mol. The van der Waals surface area contributed by atoms with Gasteiger partial charge in [-0.2, -0.15) is 0 Å². The minimum atomic E-state index is 0. The predicted octanol–water partition coefficient (Wildman–Crippen LogP) is -1.75. The van der Waals surface area contributed by atoms with Gasteiger partial charge >= 0.3 is 17.4 Å². The average molecular weight is 234 g/mol. The summed E-state index contributed by atoms with van der Waals surface area (Å²) >= 11 is 13.8. The maximum atomic E-state index is 7.72. The molecule has 0 atom stereocenters. The molecule has 0 rings (SSSR count). The van der Waals surface area contributed by atoms with E-state index in [1.54, 1.807) is 0 Å². The van der Waals surface area contributed by atoms with Gasteiger partial charge in [0.1, 0.15) is 0 Å². The summed E-state index contributed by atoms with van der Waals surface area (Å²) in [5.74, 6) is 0. The van der Waals surface area contributed by atoms with Crippen LogP contribution in [0.1, 0.15) is 0 Å². The van der Waals surface area contributed by atoms with Crippen molar-refractivity contribution in [3.05, 3.63) is 0 Å². The Labute approximate surface area is 83.3 Å². The van der Waals surface area contributed by atoms with E-state index in [9.17, 15) is 0 Å². The molecule has 0 radical (unpaired) electrons. The van der Waals surface area contributed by atoms with Gasteiger partial charge in [0.25, 0.3) is 0 Å². The van der Waals surface area contributed by atoms with E-state index < -0.39 is 0 Å². The molecule has 0 aromatic heterocycles. The molecular weight excluding hydrogens is 233 g/mol. The van der Waals surface area contributed by atoms with E-state index in [-0.39, 0.29) is 17.4 Å². The maximum absolute atomic E-state index is 7.72. The number of rotatable bonds is 0. The van der Waals surface area contributed by atoms with Crippen LogP contribution >= 0.6 is 47.5 Å². The molecule has 0 saturated carbocycles. The van der Waals surface area contributed by atoms with Gasteiger partial charge in [0, 0.05) is 0 Å². The van der Waals surface area contributed by atoms with Crippen molar-refractivity contribution in [3.8, 4) is 0 Å². The van der Waals surface area contributed by atoms with Crippen molar-refractivity contribution in [3.63, 3.8) is 0 Å². The zero-order valence-electron chi connectivity index (χ0n) is 3.76. The first-order valence-corrected chi connectivity index (χ1v) is 1.90. The van der Waals surface area contributed by atoms with Crippen LogP contribution in [0.2, 0.25) is 0 Å². The van der Waals surface area contributed by atoms with Gasteiger partial charge in [0.05, 0.1) is 11.9 Å². The first kappa shape index (κ1) is 31.3. The number of halogens is 4. The van der Waals surface area contributed by atoms with Crippen LogP contribution in [-0.2, 0) is 0 Å². The Morgan fingerprint density at radius 3 is 0.667 bits per heavy atom. The van der Waals surface area contributed by atoms with Gasteiger partial charge < -0.3 is 14.0 Å². The van der Waals surface area contributed by atoms with E-state index in [0.29, 0.717) is 0 Å². The molecule has 0 heterocycles. The first-order chi connectivity index (χ1) is 4.00. The second-order valence-electron chi connectivity index (χ2n) is 0. The summed E-state index contributed by atoms with van der Waals surface area (Å²) in [6.45, 7) is 0. The third kappa shape index (κ3) is 230. The van der Waals surface area contributed by atoms with Crippen molar-refractivity contribution in [2.45, 2.75) is 0 Å². The van der Waals surface area contributed by atoms with Crippen LogP contribution in [0.3, 0.4) is 0 Å². The summed E-state index contributed by atoms with van der Waals surface area (Å²) in [7, 11) is 0. The van der Waals surface area contributed by atoms with Crippen molar-refractivity contribution in [2.75, 3.05) is 0 Å². The third-order valence-corrected chi connectivity index (χ3v) is 0. The Balaban J connectivity index is -0.00000000762. The fourth-order valence-electron chi connectivity index (χ4n) is 0. The van der Waals surface area contributed by atoms with Gasteiger partial charge in [-0.3, -0.25) is 4.66 Å². The van der Waals surface area contributed by atoms with Gasteiger partial charge in [-0.1, -0.05) is 0 Å². The second kappa shape index (κ2) is 296. The number of hydrogen-bond acceptors (Lipinski definition) is 4. The summed E-state index contributed by atoms with van der Waals surface area (Å²) in [6, 6.07) is 0. The third-order valence-electron chi connectivity index (χ3n) is 0. The molecule has 56 valence electrons. The Bertz CT molecular complexity index is 12.5. The summed E-state index contributed by atoms with van der Waals surface area (Å²) in [5, 5.41) is 0. The molecule has 0 spiro atoms. The topological polar surface area (TPSA) is 89.4 Å². The Kier molecular flexibility index (Phi) is 1030. The van der Waals surface area contributed by atoms with Crippen LogP contribution < -0.4 is 14.0 Å². The van der Waals surface area contributed by atoms with Crippen molar-refractivity contribution < 1.29 is 18.6 Å². The van der Waals surface area contributed by atoms with Gasteiger partial charge in [-0.15, -0.1) is 0 Å². The molecular formula is HAlCl4O4. The molecule has 0 bridgehead atoms. The second-order valence-corrected chi connectivity index (χ2v) is 0. The maximum Gasteiger partial charge on any atom is 3.00 e. The van der Waals surface area contributed by atoms with Crippen molar-refractivity contribution in [1.29, 1.82) is 0 Å². The van der Waals surface area contributed by atoms with Crippen LogP contribution in [0, 0.1) is 0 Å².